The number of ketones is 1. The highest BCUT2D eigenvalue weighted by molar-refractivity contribution is 6.01. The summed E-state index contributed by atoms with van der Waals surface area (Å²) in [6, 6.07) is 5.11. The van der Waals surface area contributed by atoms with Crippen LogP contribution in [0.1, 0.15) is 49.5 Å². The Morgan fingerprint density at radius 3 is 2.48 bits per heavy atom. The number of carboxylic acid groups (broad SMARTS) is 1. The third-order valence-corrected chi connectivity index (χ3v) is 4.13. The summed E-state index contributed by atoms with van der Waals surface area (Å²) >= 11 is 0. The molecule has 1 aromatic rings. The maximum absolute atomic E-state index is 12.8. The molecule has 0 aromatic heterocycles. The average molecular weight is 378 g/mol. The van der Waals surface area contributed by atoms with Crippen molar-refractivity contribution in [3.05, 3.63) is 35.4 Å². The molecule has 150 valence electrons. The second kappa shape index (κ2) is 10.2. The van der Waals surface area contributed by atoms with E-state index in [1.54, 1.807) is 24.3 Å². The molecule has 7 nitrogen and oxygen atoms in total. The summed E-state index contributed by atoms with van der Waals surface area (Å²) in [5.74, 6) is -1.86. The number of hydrogen-bond donors (Lipinski definition) is 3. The number of methoxy groups -OCH3 is 1. The molecule has 0 aliphatic rings. The maximum Gasteiger partial charge on any atom is 0.322 e. The molecular weight excluding hydrogens is 348 g/mol. The molecule has 7 heteroatoms. The van der Waals surface area contributed by atoms with Crippen molar-refractivity contribution in [2.24, 2.45) is 11.1 Å². The highest BCUT2D eigenvalue weighted by atomic mass is 16.5. The van der Waals surface area contributed by atoms with E-state index in [-0.39, 0.29) is 24.0 Å². The summed E-state index contributed by atoms with van der Waals surface area (Å²) < 4.78 is 4.61. The number of benzene rings is 1. The van der Waals surface area contributed by atoms with Crippen molar-refractivity contribution < 1.29 is 24.2 Å². The van der Waals surface area contributed by atoms with Crippen molar-refractivity contribution >= 4 is 17.7 Å². The predicted octanol–water partition coefficient (Wildman–Crippen LogP) is 1.78. The molecule has 4 N–H and O–H groups in total. The molecule has 0 saturated heterocycles. The van der Waals surface area contributed by atoms with Crippen LogP contribution >= 0.6 is 0 Å². The molecule has 0 bridgehead atoms. The zero-order valence-electron chi connectivity index (χ0n) is 16.5. The molecule has 27 heavy (non-hydrogen) atoms. The fraction of sp³-hybridized carbons (Fsp3) is 0.550. The van der Waals surface area contributed by atoms with Crippen LogP contribution in [-0.4, -0.2) is 48.6 Å². The highest BCUT2D eigenvalue weighted by Crippen LogP contribution is 2.18. The van der Waals surface area contributed by atoms with Crippen molar-refractivity contribution in [1.29, 1.82) is 0 Å². The SMILES string of the molecule is COC(=O)[C@@H](N)Cc1cccc(C(=O)[C@H](CC(=O)O)NCCC(C)(C)C)c1. The summed E-state index contributed by atoms with van der Waals surface area (Å²) in [4.78, 5) is 35.5. The number of carboxylic acids is 1. The fourth-order valence-corrected chi connectivity index (χ4v) is 2.59. The van der Waals surface area contributed by atoms with E-state index < -0.39 is 24.0 Å². The minimum absolute atomic E-state index is 0.0771. The Hall–Kier alpha value is -2.25. The molecule has 2 atom stereocenters. The number of hydrogen-bond acceptors (Lipinski definition) is 6. The van der Waals surface area contributed by atoms with Crippen LogP contribution < -0.4 is 11.1 Å². The summed E-state index contributed by atoms with van der Waals surface area (Å²) in [6.45, 7) is 6.78. The molecule has 0 heterocycles. The lowest BCUT2D eigenvalue weighted by atomic mass is 9.92. The third-order valence-electron chi connectivity index (χ3n) is 4.13. The quantitative estimate of drug-likeness (QED) is 0.419. The molecule has 0 spiro atoms. The molecule has 0 amide bonds. The van der Waals surface area contributed by atoms with Gasteiger partial charge in [0.15, 0.2) is 5.78 Å². The van der Waals surface area contributed by atoms with E-state index in [4.69, 9.17) is 10.8 Å². The molecule has 0 saturated carbocycles. The number of nitrogens with two attached hydrogens (primary N) is 1. The van der Waals surface area contributed by atoms with Crippen molar-refractivity contribution in [1.82, 2.24) is 5.32 Å². The van der Waals surface area contributed by atoms with Gasteiger partial charge in [-0.1, -0.05) is 39.0 Å². The second-order valence-electron chi connectivity index (χ2n) is 7.81. The van der Waals surface area contributed by atoms with Crippen LogP contribution in [0.4, 0.5) is 0 Å². The Kier molecular flexibility index (Phi) is 8.59. The maximum atomic E-state index is 12.8. The van der Waals surface area contributed by atoms with Gasteiger partial charge in [-0.25, -0.2) is 0 Å². The Morgan fingerprint density at radius 1 is 1.26 bits per heavy atom. The number of Topliss-reactive ketones (excluding diaryl/α,β-unsaturated/α-hetero) is 1. The number of carbonyl (C=O) groups is 3. The number of esters is 1. The van der Waals surface area contributed by atoms with Crippen LogP contribution in [0.25, 0.3) is 0 Å². The summed E-state index contributed by atoms with van der Waals surface area (Å²) in [7, 11) is 1.27. The molecule has 0 radical (unpaired) electrons. The van der Waals surface area contributed by atoms with Gasteiger partial charge in [-0.3, -0.25) is 14.4 Å². The molecule has 0 aliphatic heterocycles. The standard InChI is InChI=1S/C20H30N2O5/c1-20(2,3)8-9-22-16(12-17(23)24)18(25)14-7-5-6-13(10-14)11-15(21)19(26)27-4/h5-7,10,15-16,22H,8-9,11-12,21H2,1-4H3,(H,23,24)/t15-,16-/m0/s1. The van der Waals surface area contributed by atoms with Gasteiger partial charge in [0.2, 0.25) is 0 Å². The number of carbonyl (C=O) groups excluding carboxylic acids is 2. The number of rotatable bonds is 10. The van der Waals surface area contributed by atoms with Gasteiger partial charge in [0.1, 0.15) is 6.04 Å². The normalized spacial score (nSPS) is 13.7. The number of ether oxygens (including phenoxy) is 1. The van der Waals surface area contributed by atoms with E-state index in [0.29, 0.717) is 17.7 Å². The summed E-state index contributed by atoms with van der Waals surface area (Å²) in [6.07, 6.45) is 0.744. The van der Waals surface area contributed by atoms with Gasteiger partial charge < -0.3 is 20.9 Å². The van der Waals surface area contributed by atoms with Crippen LogP contribution in [0.2, 0.25) is 0 Å². The Labute approximate surface area is 160 Å². The van der Waals surface area contributed by atoms with E-state index in [0.717, 1.165) is 6.42 Å². The second-order valence-corrected chi connectivity index (χ2v) is 7.81. The van der Waals surface area contributed by atoms with E-state index in [2.05, 4.69) is 30.8 Å². The summed E-state index contributed by atoms with van der Waals surface area (Å²) in [5, 5.41) is 12.2. The lowest BCUT2D eigenvalue weighted by molar-refractivity contribution is -0.142. The first-order valence-corrected chi connectivity index (χ1v) is 8.95. The highest BCUT2D eigenvalue weighted by Gasteiger charge is 2.24. The molecule has 0 aliphatic carbocycles. The monoisotopic (exact) mass is 378 g/mol. The first kappa shape index (κ1) is 22.8. The minimum Gasteiger partial charge on any atom is -0.481 e. The van der Waals surface area contributed by atoms with Gasteiger partial charge in [-0.05, 0) is 36.4 Å². The molecule has 0 unspecified atom stereocenters. The van der Waals surface area contributed by atoms with Gasteiger partial charge in [-0.2, -0.15) is 0 Å². The molecule has 1 aromatic carbocycles. The van der Waals surface area contributed by atoms with Gasteiger partial charge >= 0.3 is 11.9 Å². The number of aliphatic carboxylic acids is 1. The number of nitrogens with one attached hydrogen (secondary N) is 1. The smallest absolute Gasteiger partial charge is 0.322 e. The van der Waals surface area contributed by atoms with Gasteiger partial charge in [-0.15, -0.1) is 0 Å². The van der Waals surface area contributed by atoms with E-state index in [1.165, 1.54) is 7.11 Å². The Morgan fingerprint density at radius 2 is 1.93 bits per heavy atom. The molecule has 0 fully saturated rings. The molecule has 1 rings (SSSR count). The summed E-state index contributed by atoms with van der Waals surface area (Å²) in [5.41, 5.74) is 6.94. The van der Waals surface area contributed by atoms with Crippen molar-refractivity contribution in [2.75, 3.05) is 13.7 Å². The van der Waals surface area contributed by atoms with E-state index >= 15 is 0 Å². The van der Waals surface area contributed by atoms with Gasteiger partial charge in [0, 0.05) is 5.56 Å². The van der Waals surface area contributed by atoms with Crippen molar-refractivity contribution in [3.63, 3.8) is 0 Å². The van der Waals surface area contributed by atoms with Gasteiger partial charge in [0.25, 0.3) is 0 Å². The molecular formula is C20H30N2O5. The first-order chi connectivity index (χ1) is 12.5. The van der Waals surface area contributed by atoms with E-state index in [1.807, 2.05) is 0 Å². The topological polar surface area (TPSA) is 119 Å². The largest absolute Gasteiger partial charge is 0.481 e. The predicted molar refractivity (Wildman–Crippen MR) is 103 cm³/mol. The first-order valence-electron chi connectivity index (χ1n) is 8.95. The van der Waals surface area contributed by atoms with Crippen molar-refractivity contribution in [3.8, 4) is 0 Å². The lowest BCUT2D eigenvalue weighted by Gasteiger charge is -2.21. The Bertz CT molecular complexity index is 667. The zero-order valence-corrected chi connectivity index (χ0v) is 16.5. The van der Waals surface area contributed by atoms with Gasteiger partial charge in [0.05, 0.1) is 19.6 Å². The van der Waals surface area contributed by atoms with Crippen molar-refractivity contribution in [2.45, 2.75) is 52.1 Å². The van der Waals surface area contributed by atoms with Crippen LogP contribution in [0.15, 0.2) is 24.3 Å². The fourth-order valence-electron chi connectivity index (χ4n) is 2.59. The third kappa shape index (κ3) is 8.32. The lowest BCUT2D eigenvalue weighted by Crippen LogP contribution is -2.40. The van der Waals surface area contributed by atoms with Crippen LogP contribution in [0.5, 0.6) is 0 Å². The Balaban J connectivity index is 2.89. The minimum atomic E-state index is -1.04. The van der Waals surface area contributed by atoms with E-state index in [9.17, 15) is 14.4 Å². The zero-order chi connectivity index (χ0) is 20.6. The van der Waals surface area contributed by atoms with Crippen LogP contribution in [0, 0.1) is 5.41 Å². The van der Waals surface area contributed by atoms with Crippen LogP contribution in [-0.2, 0) is 20.7 Å². The average Bonchev–Trinajstić information content (AvgIpc) is 2.58. The van der Waals surface area contributed by atoms with Crippen LogP contribution in [0.3, 0.4) is 0 Å².